The maximum atomic E-state index is 12.1. The van der Waals surface area contributed by atoms with Gasteiger partial charge >= 0.3 is 0 Å². The molecule has 1 aliphatic carbocycles. The number of hydrogen-bond donors (Lipinski definition) is 3. The number of aryl methyl sites for hydroxylation is 1. The molecular formula is C16H22BrN3O2. The molecule has 0 saturated heterocycles. The van der Waals surface area contributed by atoms with E-state index in [1.54, 1.807) is 0 Å². The van der Waals surface area contributed by atoms with Crippen LogP contribution in [-0.2, 0) is 9.59 Å². The van der Waals surface area contributed by atoms with Crippen LogP contribution in [-0.4, -0.2) is 24.9 Å². The highest BCUT2D eigenvalue weighted by Gasteiger charge is 2.31. The number of hydrogen-bond acceptors (Lipinski definition) is 3. The second-order valence-corrected chi connectivity index (χ2v) is 6.67. The Kier molecular flexibility index (Phi) is 5.97. The van der Waals surface area contributed by atoms with Gasteiger partial charge in [0.05, 0.1) is 6.54 Å². The van der Waals surface area contributed by atoms with E-state index in [-0.39, 0.29) is 30.2 Å². The number of nitrogens with two attached hydrogens (primary N) is 1. The Morgan fingerprint density at radius 1 is 1.36 bits per heavy atom. The van der Waals surface area contributed by atoms with Gasteiger partial charge in [-0.25, -0.2) is 0 Å². The lowest BCUT2D eigenvalue weighted by molar-refractivity contribution is -0.128. The van der Waals surface area contributed by atoms with E-state index in [2.05, 4.69) is 26.6 Å². The molecule has 0 unspecified atom stereocenters. The zero-order valence-corrected chi connectivity index (χ0v) is 14.3. The molecule has 0 aliphatic heterocycles. The van der Waals surface area contributed by atoms with Gasteiger partial charge in [0.25, 0.3) is 0 Å². The van der Waals surface area contributed by atoms with Gasteiger partial charge in [0.15, 0.2) is 0 Å². The molecule has 120 valence electrons. The van der Waals surface area contributed by atoms with Crippen molar-refractivity contribution in [3.63, 3.8) is 0 Å². The van der Waals surface area contributed by atoms with Crippen LogP contribution in [0.4, 0.5) is 5.69 Å². The summed E-state index contributed by atoms with van der Waals surface area (Å²) in [5.41, 5.74) is 7.40. The van der Waals surface area contributed by atoms with Crippen molar-refractivity contribution in [1.82, 2.24) is 5.32 Å². The molecular weight excluding hydrogens is 346 g/mol. The summed E-state index contributed by atoms with van der Waals surface area (Å²) in [7, 11) is 0. The quantitative estimate of drug-likeness (QED) is 0.745. The fraction of sp³-hybridized carbons (Fsp3) is 0.500. The zero-order chi connectivity index (χ0) is 16.1. The predicted octanol–water partition coefficient (Wildman–Crippen LogP) is 2.19. The van der Waals surface area contributed by atoms with Crippen LogP contribution < -0.4 is 16.4 Å². The summed E-state index contributed by atoms with van der Waals surface area (Å²) >= 11 is 3.38. The molecule has 2 atom stereocenters. The first kappa shape index (κ1) is 17.0. The summed E-state index contributed by atoms with van der Waals surface area (Å²) in [6.07, 6.45) is 2.89. The van der Waals surface area contributed by atoms with Gasteiger partial charge in [-0.1, -0.05) is 22.4 Å². The minimum Gasteiger partial charge on any atom is -0.347 e. The predicted molar refractivity (Wildman–Crippen MR) is 90.4 cm³/mol. The van der Waals surface area contributed by atoms with Gasteiger partial charge in [0, 0.05) is 16.1 Å². The van der Waals surface area contributed by atoms with Gasteiger partial charge in [-0.3, -0.25) is 9.59 Å². The Hall–Kier alpha value is -1.40. The van der Waals surface area contributed by atoms with Crippen LogP contribution in [0, 0.1) is 18.8 Å². The van der Waals surface area contributed by atoms with Crippen molar-refractivity contribution >= 4 is 33.4 Å². The topological polar surface area (TPSA) is 84.2 Å². The van der Waals surface area contributed by atoms with Gasteiger partial charge in [0.2, 0.25) is 11.8 Å². The molecule has 6 heteroatoms. The van der Waals surface area contributed by atoms with Gasteiger partial charge in [-0.05, 0) is 56.0 Å². The number of anilines is 1. The largest absolute Gasteiger partial charge is 0.347 e. The minimum absolute atomic E-state index is 0.0118. The van der Waals surface area contributed by atoms with Gasteiger partial charge in [0.1, 0.15) is 0 Å². The highest BCUT2D eigenvalue weighted by atomic mass is 79.9. The molecule has 2 rings (SSSR count). The molecule has 1 aliphatic rings. The number of rotatable bonds is 5. The lowest BCUT2D eigenvalue weighted by Crippen LogP contribution is -2.39. The summed E-state index contributed by atoms with van der Waals surface area (Å²) < 4.78 is 0.963. The van der Waals surface area contributed by atoms with E-state index in [9.17, 15) is 9.59 Å². The highest BCUT2D eigenvalue weighted by Crippen LogP contribution is 2.30. The van der Waals surface area contributed by atoms with Crippen LogP contribution in [0.5, 0.6) is 0 Å². The second kappa shape index (κ2) is 7.74. The molecule has 0 bridgehead atoms. The van der Waals surface area contributed by atoms with E-state index in [4.69, 9.17) is 5.73 Å². The number of nitrogens with one attached hydrogen (secondary N) is 2. The number of carbonyl (C=O) groups excluding carboxylic acids is 2. The van der Waals surface area contributed by atoms with Crippen molar-refractivity contribution in [2.24, 2.45) is 17.6 Å². The Morgan fingerprint density at radius 3 is 2.82 bits per heavy atom. The van der Waals surface area contributed by atoms with E-state index < -0.39 is 0 Å². The SMILES string of the molecule is Cc1cc(Br)ccc1NC(=O)CNC(=O)[C@@H]1CCC[C@@H]1CN. The van der Waals surface area contributed by atoms with Crippen LogP contribution in [0.15, 0.2) is 22.7 Å². The summed E-state index contributed by atoms with van der Waals surface area (Å²) in [4.78, 5) is 24.1. The van der Waals surface area contributed by atoms with E-state index in [1.807, 2.05) is 25.1 Å². The molecule has 22 heavy (non-hydrogen) atoms. The van der Waals surface area contributed by atoms with Crippen LogP contribution >= 0.6 is 15.9 Å². The number of benzene rings is 1. The van der Waals surface area contributed by atoms with E-state index in [0.29, 0.717) is 6.54 Å². The van der Waals surface area contributed by atoms with Crippen LogP contribution in [0.1, 0.15) is 24.8 Å². The van der Waals surface area contributed by atoms with E-state index in [1.165, 1.54) is 0 Å². The van der Waals surface area contributed by atoms with Crippen molar-refractivity contribution in [3.8, 4) is 0 Å². The van der Waals surface area contributed by atoms with Crippen molar-refractivity contribution < 1.29 is 9.59 Å². The molecule has 1 aromatic carbocycles. The molecule has 2 amide bonds. The number of amides is 2. The molecule has 1 fully saturated rings. The van der Waals surface area contributed by atoms with E-state index >= 15 is 0 Å². The number of halogens is 1. The normalized spacial score (nSPS) is 20.7. The molecule has 0 aromatic heterocycles. The van der Waals surface area contributed by atoms with Gasteiger partial charge in [-0.15, -0.1) is 0 Å². The third-order valence-corrected chi connectivity index (χ3v) is 4.68. The third-order valence-electron chi connectivity index (χ3n) is 4.18. The van der Waals surface area contributed by atoms with Crippen molar-refractivity contribution in [1.29, 1.82) is 0 Å². The zero-order valence-electron chi connectivity index (χ0n) is 12.7. The summed E-state index contributed by atoms with van der Waals surface area (Å²) in [5.74, 6) is -0.0827. The van der Waals surface area contributed by atoms with E-state index in [0.717, 1.165) is 35.0 Å². The summed E-state index contributed by atoms with van der Waals surface area (Å²) in [6, 6.07) is 5.63. The summed E-state index contributed by atoms with van der Waals surface area (Å²) in [6.45, 7) is 2.44. The van der Waals surface area contributed by atoms with Crippen molar-refractivity contribution in [2.45, 2.75) is 26.2 Å². The molecule has 4 N–H and O–H groups in total. The molecule has 1 aromatic rings. The molecule has 0 radical (unpaired) electrons. The number of carbonyl (C=O) groups is 2. The maximum absolute atomic E-state index is 12.1. The average Bonchev–Trinajstić information content (AvgIpc) is 2.96. The monoisotopic (exact) mass is 367 g/mol. The summed E-state index contributed by atoms with van der Waals surface area (Å²) in [5, 5.41) is 5.53. The molecule has 0 spiro atoms. The third kappa shape index (κ3) is 4.30. The molecule has 5 nitrogen and oxygen atoms in total. The second-order valence-electron chi connectivity index (χ2n) is 5.76. The Balaban J connectivity index is 1.83. The van der Waals surface area contributed by atoms with Gasteiger partial charge < -0.3 is 16.4 Å². The fourth-order valence-corrected chi connectivity index (χ4v) is 3.40. The first-order valence-corrected chi connectivity index (χ1v) is 8.34. The van der Waals surface area contributed by atoms with Gasteiger partial charge in [-0.2, -0.15) is 0 Å². The standard InChI is InChI=1S/C16H22BrN3O2/c1-10-7-12(17)5-6-14(10)20-15(21)9-19-16(22)13-4-2-3-11(13)8-18/h5-7,11,13H,2-4,8-9,18H2,1H3,(H,19,22)(H,20,21)/t11-,13-/m1/s1. The van der Waals surface area contributed by atoms with Crippen LogP contribution in [0.2, 0.25) is 0 Å². The Labute approximate surface area is 139 Å². The molecule has 0 heterocycles. The minimum atomic E-state index is -0.221. The Morgan fingerprint density at radius 2 is 2.14 bits per heavy atom. The van der Waals surface area contributed by atoms with Crippen molar-refractivity contribution in [2.75, 3.05) is 18.4 Å². The first-order chi connectivity index (χ1) is 10.5. The fourth-order valence-electron chi connectivity index (χ4n) is 2.92. The Bertz CT molecular complexity index is 562. The maximum Gasteiger partial charge on any atom is 0.243 e. The lowest BCUT2D eigenvalue weighted by atomic mass is 9.95. The highest BCUT2D eigenvalue weighted by molar-refractivity contribution is 9.10. The smallest absolute Gasteiger partial charge is 0.243 e. The lowest BCUT2D eigenvalue weighted by Gasteiger charge is -2.17. The van der Waals surface area contributed by atoms with Crippen LogP contribution in [0.25, 0.3) is 0 Å². The first-order valence-electron chi connectivity index (χ1n) is 7.55. The van der Waals surface area contributed by atoms with Crippen molar-refractivity contribution in [3.05, 3.63) is 28.2 Å². The molecule has 1 saturated carbocycles. The average molecular weight is 368 g/mol. The van der Waals surface area contributed by atoms with Crippen LogP contribution in [0.3, 0.4) is 0 Å².